The molecule has 0 unspecified atom stereocenters. The lowest BCUT2D eigenvalue weighted by atomic mass is 10.00. The molecule has 118 valence electrons. The van der Waals surface area contributed by atoms with E-state index in [2.05, 4.69) is 20.9 Å². The van der Waals surface area contributed by atoms with Crippen LogP contribution in [-0.2, 0) is 9.05 Å². The van der Waals surface area contributed by atoms with Gasteiger partial charge in [-0.2, -0.15) is 5.11 Å². The molecule has 0 fully saturated rings. The van der Waals surface area contributed by atoms with Crippen molar-refractivity contribution in [1.29, 1.82) is 0 Å². The van der Waals surface area contributed by atoms with Crippen LogP contribution < -0.4 is 10.6 Å². The van der Waals surface area contributed by atoms with Crippen LogP contribution in [0.2, 0.25) is 0 Å². The molecule has 2 N–H and O–H groups in total. The van der Waals surface area contributed by atoms with Gasteiger partial charge >= 0.3 is 0 Å². The van der Waals surface area contributed by atoms with Gasteiger partial charge in [0.2, 0.25) is 0 Å². The number of rotatable bonds is 5. The number of benzene rings is 1. The van der Waals surface area contributed by atoms with Gasteiger partial charge in [-0.25, -0.2) is 8.42 Å². The van der Waals surface area contributed by atoms with Crippen LogP contribution in [0.1, 0.15) is 6.42 Å². The van der Waals surface area contributed by atoms with Gasteiger partial charge in [-0.3, -0.25) is 10.6 Å². The van der Waals surface area contributed by atoms with E-state index in [9.17, 15) is 8.42 Å². The summed E-state index contributed by atoms with van der Waals surface area (Å²) in [6.07, 6.45) is 6.37. The molecule has 0 aliphatic heterocycles. The lowest BCUT2D eigenvalue weighted by Gasteiger charge is -2.30. The molecule has 1 aliphatic rings. The number of halogens is 1. The smallest absolute Gasteiger partial charge is 0.263 e. The molecule has 1 aliphatic carbocycles. The first-order valence-electron chi connectivity index (χ1n) is 6.63. The maximum absolute atomic E-state index is 11.5. The molecule has 22 heavy (non-hydrogen) atoms. The first kappa shape index (κ1) is 16.8. The van der Waals surface area contributed by atoms with Crippen molar-refractivity contribution in [3.05, 3.63) is 48.2 Å². The van der Waals surface area contributed by atoms with Crippen LogP contribution >= 0.6 is 10.7 Å². The van der Waals surface area contributed by atoms with Gasteiger partial charge in [0.25, 0.3) is 9.05 Å². The van der Waals surface area contributed by atoms with Gasteiger partial charge in [0, 0.05) is 17.1 Å². The third-order valence-corrected chi connectivity index (χ3v) is 4.83. The highest BCUT2D eigenvalue weighted by molar-refractivity contribution is 8.13. The Kier molecular flexibility index (Phi) is 5.12. The Morgan fingerprint density at radius 2 is 1.86 bits per heavy atom. The average Bonchev–Trinajstić information content (AvgIpc) is 2.53. The largest absolute Gasteiger partial charge is 0.299 e. The molecule has 0 saturated heterocycles. The summed E-state index contributed by atoms with van der Waals surface area (Å²) in [5.74, 6) is 0. The van der Waals surface area contributed by atoms with Crippen molar-refractivity contribution in [3.8, 4) is 0 Å². The van der Waals surface area contributed by atoms with Crippen molar-refractivity contribution in [2.45, 2.75) is 17.0 Å². The van der Waals surface area contributed by atoms with E-state index in [0.717, 1.165) is 0 Å². The summed E-state index contributed by atoms with van der Waals surface area (Å²) in [7, 11) is 5.26. The fraction of sp³-hybridized carbons (Fsp3) is 0.286. The minimum Gasteiger partial charge on any atom is -0.299 e. The standard InChI is InChI=1S/C14H17ClN4O2S/c1-16-14(17-2)9-7-11(8-10-14)18-19-12-5-3-4-6-13(12)22(15,20)21/h3-9,16-17H,10H2,1-2H3. The highest BCUT2D eigenvalue weighted by atomic mass is 35.7. The van der Waals surface area contributed by atoms with Gasteiger partial charge in [0.05, 0.1) is 11.4 Å². The second-order valence-corrected chi connectivity index (χ2v) is 7.28. The van der Waals surface area contributed by atoms with Gasteiger partial charge in [-0.05, 0) is 38.4 Å². The van der Waals surface area contributed by atoms with Gasteiger partial charge in [0.1, 0.15) is 10.6 Å². The third kappa shape index (κ3) is 3.80. The van der Waals surface area contributed by atoms with Crippen LogP contribution in [0, 0.1) is 0 Å². The summed E-state index contributed by atoms with van der Waals surface area (Å²) >= 11 is 0. The molecule has 1 aromatic carbocycles. The van der Waals surface area contributed by atoms with Crippen molar-refractivity contribution in [2.24, 2.45) is 10.2 Å². The average molecular weight is 341 g/mol. The first-order valence-corrected chi connectivity index (χ1v) is 8.94. The Morgan fingerprint density at radius 1 is 1.18 bits per heavy atom. The van der Waals surface area contributed by atoms with Crippen LogP contribution in [0.4, 0.5) is 5.69 Å². The van der Waals surface area contributed by atoms with Crippen molar-refractivity contribution in [3.63, 3.8) is 0 Å². The lowest BCUT2D eigenvalue weighted by molar-refractivity contribution is 0.375. The minimum atomic E-state index is -3.85. The number of nitrogens with zero attached hydrogens (tertiary/aromatic N) is 2. The van der Waals surface area contributed by atoms with Crippen molar-refractivity contribution < 1.29 is 8.42 Å². The minimum absolute atomic E-state index is 0.0550. The van der Waals surface area contributed by atoms with Gasteiger partial charge in [-0.15, -0.1) is 5.11 Å². The molecule has 0 heterocycles. The predicted octanol–water partition coefficient (Wildman–Crippen LogP) is 2.68. The van der Waals surface area contributed by atoms with Crippen molar-refractivity contribution in [2.75, 3.05) is 14.1 Å². The molecule has 0 saturated carbocycles. The fourth-order valence-electron chi connectivity index (χ4n) is 2.06. The molecule has 1 aromatic rings. The van der Waals surface area contributed by atoms with E-state index in [-0.39, 0.29) is 16.2 Å². The van der Waals surface area contributed by atoms with Crippen LogP contribution in [0.3, 0.4) is 0 Å². The zero-order valence-corrected chi connectivity index (χ0v) is 13.8. The summed E-state index contributed by atoms with van der Waals surface area (Å²) in [5.41, 5.74) is 0.574. The molecular weight excluding hydrogens is 324 g/mol. The monoisotopic (exact) mass is 340 g/mol. The number of likely N-dealkylation sites (N-methyl/N-ethyl adjacent to an activating group) is 2. The second-order valence-electron chi connectivity index (χ2n) is 4.74. The SMILES string of the molecule is CNC1(NC)C=CC(N=Nc2ccccc2S(=O)(=O)Cl)=CC1. The van der Waals surface area contributed by atoms with Crippen LogP contribution in [0.25, 0.3) is 0 Å². The highest BCUT2D eigenvalue weighted by Gasteiger charge is 2.23. The van der Waals surface area contributed by atoms with Gasteiger partial charge < -0.3 is 0 Å². The van der Waals surface area contributed by atoms with E-state index >= 15 is 0 Å². The summed E-state index contributed by atoms with van der Waals surface area (Å²) in [4.78, 5) is -0.0550. The summed E-state index contributed by atoms with van der Waals surface area (Å²) in [5, 5.41) is 14.4. The van der Waals surface area contributed by atoms with E-state index < -0.39 is 9.05 Å². The number of allylic oxidation sites excluding steroid dienone is 1. The third-order valence-electron chi connectivity index (χ3n) is 3.47. The molecule has 0 atom stereocenters. The first-order chi connectivity index (χ1) is 10.4. The Balaban J connectivity index is 2.22. The van der Waals surface area contributed by atoms with Crippen molar-refractivity contribution >= 4 is 25.4 Å². The van der Waals surface area contributed by atoms with Crippen LogP contribution in [-0.4, -0.2) is 28.2 Å². The molecule has 6 nitrogen and oxygen atoms in total. The summed E-state index contributed by atoms with van der Waals surface area (Å²) in [6.45, 7) is 0. The van der Waals surface area contributed by atoms with E-state index in [1.165, 1.54) is 6.07 Å². The Bertz CT molecular complexity index is 737. The van der Waals surface area contributed by atoms with E-state index in [4.69, 9.17) is 10.7 Å². The highest BCUT2D eigenvalue weighted by Crippen LogP contribution is 2.28. The van der Waals surface area contributed by atoms with E-state index in [1.54, 1.807) is 18.2 Å². The molecule has 0 bridgehead atoms. The number of hydrogen-bond acceptors (Lipinski definition) is 6. The molecule has 2 rings (SSSR count). The zero-order chi connectivity index (χ0) is 16.2. The zero-order valence-electron chi connectivity index (χ0n) is 12.2. The molecule has 0 amide bonds. The second kappa shape index (κ2) is 6.70. The van der Waals surface area contributed by atoms with Gasteiger partial charge in [0.15, 0.2) is 0 Å². The molecule has 0 spiro atoms. The maximum Gasteiger partial charge on any atom is 0.263 e. The lowest BCUT2D eigenvalue weighted by Crippen LogP contribution is -2.52. The Labute approximate surface area is 134 Å². The quantitative estimate of drug-likeness (QED) is 0.490. The van der Waals surface area contributed by atoms with E-state index in [1.807, 2.05) is 32.3 Å². The number of nitrogens with one attached hydrogen (secondary N) is 2. The van der Waals surface area contributed by atoms with E-state index in [0.29, 0.717) is 12.1 Å². The van der Waals surface area contributed by atoms with Crippen LogP contribution in [0.15, 0.2) is 63.3 Å². The molecule has 8 heteroatoms. The van der Waals surface area contributed by atoms with Crippen molar-refractivity contribution in [1.82, 2.24) is 10.6 Å². The Morgan fingerprint density at radius 3 is 2.41 bits per heavy atom. The maximum atomic E-state index is 11.5. The normalized spacial score (nSPS) is 17.7. The predicted molar refractivity (Wildman–Crippen MR) is 86.7 cm³/mol. The Hall–Kier alpha value is -1.54. The molecule has 0 radical (unpaired) electrons. The summed E-state index contributed by atoms with van der Waals surface area (Å²) in [6, 6.07) is 6.21. The fourth-order valence-corrected chi connectivity index (χ4v) is 3.05. The molecule has 0 aromatic heterocycles. The topological polar surface area (TPSA) is 82.9 Å². The number of hydrogen-bond donors (Lipinski definition) is 2. The van der Waals surface area contributed by atoms with Gasteiger partial charge in [-0.1, -0.05) is 18.2 Å². The number of azo groups is 1. The molecular formula is C14H17ClN4O2S. The summed E-state index contributed by atoms with van der Waals surface area (Å²) < 4.78 is 23.0. The van der Waals surface area contributed by atoms with Crippen LogP contribution in [0.5, 0.6) is 0 Å².